The van der Waals surface area contributed by atoms with Gasteiger partial charge >= 0.3 is 0 Å². The zero-order valence-corrected chi connectivity index (χ0v) is 13.1. The van der Waals surface area contributed by atoms with Gasteiger partial charge in [0.2, 0.25) is 0 Å². The van der Waals surface area contributed by atoms with E-state index in [2.05, 4.69) is 28.4 Å². The smallest absolute Gasteiger partial charge is 0.105 e. The van der Waals surface area contributed by atoms with Crippen LogP contribution in [0.1, 0.15) is 31.3 Å². The Bertz CT molecular complexity index is 446. The third-order valence-electron chi connectivity index (χ3n) is 4.75. The highest BCUT2D eigenvalue weighted by atomic mass is 16.5. The summed E-state index contributed by atoms with van der Waals surface area (Å²) in [5.41, 5.74) is 0.659. The van der Waals surface area contributed by atoms with Gasteiger partial charge in [0, 0.05) is 46.6 Å². The van der Waals surface area contributed by atoms with Crippen molar-refractivity contribution in [2.24, 2.45) is 13.0 Å². The van der Waals surface area contributed by atoms with Crippen LogP contribution in [0.15, 0.2) is 6.20 Å². The average molecular weight is 281 g/mol. The lowest BCUT2D eigenvalue weighted by atomic mass is 9.80. The Labute approximate surface area is 121 Å². The van der Waals surface area contributed by atoms with E-state index in [1.807, 2.05) is 13.1 Å². The van der Waals surface area contributed by atoms with Crippen LogP contribution < -0.4 is 0 Å². The van der Waals surface area contributed by atoms with Gasteiger partial charge in [-0.2, -0.15) is 0 Å². The number of nitrogens with zero attached hydrogens (tertiary/aromatic N) is 3. The Morgan fingerprint density at radius 1 is 1.55 bits per heavy atom. The number of aryl methyl sites for hydroxylation is 1. The number of likely N-dealkylation sites (tertiary alicyclic amines) is 1. The van der Waals surface area contributed by atoms with Crippen molar-refractivity contribution in [2.75, 3.05) is 26.8 Å². The van der Waals surface area contributed by atoms with Crippen molar-refractivity contribution >= 4 is 0 Å². The van der Waals surface area contributed by atoms with E-state index in [9.17, 15) is 5.11 Å². The molecule has 0 amide bonds. The second kappa shape index (κ2) is 6.24. The number of aromatic nitrogens is 2. The maximum absolute atomic E-state index is 10.7. The van der Waals surface area contributed by atoms with Crippen molar-refractivity contribution in [3.63, 3.8) is 0 Å². The van der Waals surface area contributed by atoms with Crippen LogP contribution in [0, 0.1) is 12.8 Å². The monoisotopic (exact) mass is 281 g/mol. The number of hydrogen-bond donors (Lipinski definition) is 1. The van der Waals surface area contributed by atoms with E-state index in [4.69, 9.17) is 4.74 Å². The first-order chi connectivity index (χ1) is 9.46. The molecular weight excluding hydrogens is 254 g/mol. The van der Waals surface area contributed by atoms with E-state index in [0.717, 1.165) is 38.3 Å². The van der Waals surface area contributed by atoms with Crippen LogP contribution in [0.25, 0.3) is 0 Å². The second-order valence-electron chi connectivity index (χ2n) is 6.09. The summed E-state index contributed by atoms with van der Waals surface area (Å²) in [5, 5.41) is 10.7. The van der Waals surface area contributed by atoms with Crippen molar-refractivity contribution in [2.45, 2.75) is 38.8 Å². The summed E-state index contributed by atoms with van der Waals surface area (Å²) in [6.45, 7) is 7.53. The number of methoxy groups -OCH3 is 1. The molecule has 2 rings (SSSR count). The van der Waals surface area contributed by atoms with Crippen LogP contribution >= 0.6 is 0 Å². The van der Waals surface area contributed by atoms with Crippen molar-refractivity contribution < 1.29 is 9.84 Å². The molecule has 1 aromatic rings. The second-order valence-corrected chi connectivity index (χ2v) is 6.09. The number of imidazole rings is 1. The number of aliphatic hydroxyl groups is 1. The summed E-state index contributed by atoms with van der Waals surface area (Å²) >= 11 is 0. The van der Waals surface area contributed by atoms with Crippen LogP contribution in [0.3, 0.4) is 0 Å². The van der Waals surface area contributed by atoms with Crippen molar-refractivity contribution in [1.29, 1.82) is 0 Å². The zero-order valence-electron chi connectivity index (χ0n) is 13.1. The topological polar surface area (TPSA) is 50.5 Å². The normalized spacial score (nSPS) is 27.9. The van der Waals surface area contributed by atoms with E-state index in [-0.39, 0.29) is 5.92 Å². The van der Waals surface area contributed by atoms with E-state index in [1.165, 1.54) is 5.69 Å². The Balaban J connectivity index is 1.94. The van der Waals surface area contributed by atoms with Gasteiger partial charge in [-0.05, 0) is 25.7 Å². The van der Waals surface area contributed by atoms with E-state index in [1.54, 1.807) is 7.11 Å². The third-order valence-corrected chi connectivity index (χ3v) is 4.75. The molecule has 0 bridgehead atoms. The van der Waals surface area contributed by atoms with Crippen LogP contribution in [0.4, 0.5) is 0 Å². The van der Waals surface area contributed by atoms with E-state index in [0.29, 0.717) is 6.61 Å². The highest BCUT2D eigenvalue weighted by Gasteiger charge is 2.38. The predicted molar refractivity (Wildman–Crippen MR) is 78.4 cm³/mol. The van der Waals surface area contributed by atoms with Gasteiger partial charge in [0.1, 0.15) is 5.82 Å². The lowest BCUT2D eigenvalue weighted by Crippen LogP contribution is -2.51. The average Bonchev–Trinajstić information content (AvgIpc) is 2.73. The first-order valence-electron chi connectivity index (χ1n) is 7.37. The minimum absolute atomic E-state index is 0.265. The number of rotatable bonds is 5. The van der Waals surface area contributed by atoms with E-state index < -0.39 is 5.60 Å². The van der Waals surface area contributed by atoms with Crippen LogP contribution in [-0.4, -0.2) is 52.0 Å². The van der Waals surface area contributed by atoms with Crippen molar-refractivity contribution in [3.8, 4) is 0 Å². The predicted octanol–water partition coefficient (Wildman–Crippen LogP) is 1.34. The molecule has 5 nitrogen and oxygen atoms in total. The van der Waals surface area contributed by atoms with Crippen molar-refractivity contribution in [3.05, 3.63) is 17.7 Å². The molecular formula is C15H27N3O2. The fraction of sp³-hybridized carbons (Fsp3) is 0.800. The molecule has 0 saturated carbocycles. The van der Waals surface area contributed by atoms with Gasteiger partial charge in [0.15, 0.2) is 0 Å². The van der Waals surface area contributed by atoms with Gasteiger partial charge in [-0.3, -0.25) is 4.90 Å². The maximum atomic E-state index is 10.7. The lowest BCUT2D eigenvalue weighted by molar-refractivity contribution is -0.0830. The molecule has 0 aromatic carbocycles. The molecule has 0 radical (unpaired) electrons. The Kier molecular flexibility index (Phi) is 4.83. The number of ether oxygens (including phenoxy) is 1. The quantitative estimate of drug-likeness (QED) is 0.885. The lowest BCUT2D eigenvalue weighted by Gasteiger charge is -2.43. The van der Waals surface area contributed by atoms with Gasteiger partial charge in [-0.25, -0.2) is 4.98 Å². The summed E-state index contributed by atoms with van der Waals surface area (Å²) in [6.07, 6.45) is 3.49. The van der Waals surface area contributed by atoms with Gasteiger partial charge in [-0.15, -0.1) is 0 Å². The molecule has 2 heterocycles. The Hall–Kier alpha value is -0.910. The summed E-state index contributed by atoms with van der Waals surface area (Å²) in [4.78, 5) is 6.75. The summed E-state index contributed by atoms with van der Waals surface area (Å²) in [6, 6.07) is 0. The molecule has 0 spiro atoms. The Morgan fingerprint density at radius 3 is 2.85 bits per heavy atom. The molecule has 1 N–H and O–H groups in total. The zero-order chi connectivity index (χ0) is 14.8. The summed E-state index contributed by atoms with van der Waals surface area (Å²) in [5.74, 6) is 1.31. The van der Waals surface area contributed by atoms with Crippen LogP contribution in [-0.2, 0) is 18.3 Å². The largest absolute Gasteiger partial charge is 0.389 e. The van der Waals surface area contributed by atoms with Crippen LogP contribution in [0.5, 0.6) is 0 Å². The first kappa shape index (κ1) is 15.5. The fourth-order valence-electron chi connectivity index (χ4n) is 2.97. The number of piperidine rings is 1. The SMILES string of the molecule is COCC[C@]1(O)CCN(Cc2cnc(C)n2C)C[C@H]1C. The minimum Gasteiger partial charge on any atom is -0.389 e. The molecule has 20 heavy (non-hydrogen) atoms. The molecule has 1 fully saturated rings. The molecule has 0 aliphatic carbocycles. The fourth-order valence-corrected chi connectivity index (χ4v) is 2.97. The molecule has 0 unspecified atom stereocenters. The van der Waals surface area contributed by atoms with Gasteiger partial charge in [0.25, 0.3) is 0 Å². The highest BCUT2D eigenvalue weighted by molar-refractivity contribution is 5.04. The van der Waals surface area contributed by atoms with Gasteiger partial charge in [0.05, 0.1) is 11.3 Å². The standard InChI is InChI=1S/C15H27N3O2/c1-12-10-18(7-5-15(12,19)6-8-20-4)11-14-9-16-13(2)17(14)3/h9,12,19H,5-8,10-11H2,1-4H3/t12-,15-/m1/s1. The number of hydrogen-bond acceptors (Lipinski definition) is 4. The molecule has 2 atom stereocenters. The third kappa shape index (κ3) is 3.22. The minimum atomic E-state index is -0.575. The van der Waals surface area contributed by atoms with Crippen LogP contribution in [0.2, 0.25) is 0 Å². The molecule has 1 aliphatic rings. The highest BCUT2D eigenvalue weighted by Crippen LogP contribution is 2.31. The Morgan fingerprint density at radius 2 is 2.30 bits per heavy atom. The molecule has 1 saturated heterocycles. The van der Waals surface area contributed by atoms with E-state index >= 15 is 0 Å². The summed E-state index contributed by atoms with van der Waals surface area (Å²) < 4.78 is 7.25. The van der Waals surface area contributed by atoms with Crippen molar-refractivity contribution in [1.82, 2.24) is 14.5 Å². The van der Waals surface area contributed by atoms with Gasteiger partial charge < -0.3 is 14.4 Å². The van der Waals surface area contributed by atoms with Gasteiger partial charge in [-0.1, -0.05) is 6.92 Å². The molecule has 1 aliphatic heterocycles. The summed E-state index contributed by atoms with van der Waals surface area (Å²) in [7, 11) is 3.74. The molecule has 114 valence electrons. The molecule has 1 aromatic heterocycles. The maximum Gasteiger partial charge on any atom is 0.105 e. The molecule has 5 heteroatoms. The first-order valence-corrected chi connectivity index (χ1v) is 7.37.